The molecule has 0 bridgehead atoms. The lowest BCUT2D eigenvalue weighted by Gasteiger charge is -2.29. The Kier molecular flexibility index (Phi) is 3.65. The number of rotatable bonds is 2. The third kappa shape index (κ3) is 2.25. The zero-order valence-corrected chi connectivity index (χ0v) is 11.6. The largest absolute Gasteiger partial charge is 0.311 e. The normalized spacial score (nSPS) is 14.2. The maximum atomic E-state index is 11.8. The van der Waals surface area contributed by atoms with E-state index >= 15 is 0 Å². The Morgan fingerprint density at radius 3 is 2.89 bits per heavy atom. The van der Waals surface area contributed by atoms with Gasteiger partial charge in [0.05, 0.1) is 15.9 Å². The van der Waals surface area contributed by atoms with Gasteiger partial charge >= 0.3 is 0 Å². The highest BCUT2D eigenvalue weighted by atomic mass is 79.9. The summed E-state index contributed by atoms with van der Waals surface area (Å²) in [6.07, 6.45) is 1.75. The summed E-state index contributed by atoms with van der Waals surface area (Å²) in [5.74, 6) is -0.0610. The molecule has 0 spiro atoms. The molecular weight excluding hydrogens is 300 g/mol. The zero-order valence-electron chi connectivity index (χ0n) is 9.98. The van der Waals surface area contributed by atoms with Crippen LogP contribution in [0.1, 0.15) is 17.5 Å². The van der Waals surface area contributed by atoms with Crippen LogP contribution in [0.3, 0.4) is 0 Å². The van der Waals surface area contributed by atoms with Crippen molar-refractivity contribution in [3.8, 4) is 0 Å². The van der Waals surface area contributed by atoms with E-state index in [0.29, 0.717) is 17.8 Å². The van der Waals surface area contributed by atoms with E-state index in [2.05, 4.69) is 15.9 Å². The Hall–Kier alpha value is -1.43. The van der Waals surface area contributed by atoms with Gasteiger partial charge in [0.15, 0.2) is 0 Å². The van der Waals surface area contributed by atoms with Crippen molar-refractivity contribution in [3.63, 3.8) is 0 Å². The molecule has 0 fully saturated rings. The third-order valence-electron chi connectivity index (χ3n) is 3.13. The number of nitrogens with zero attached hydrogens (tertiary/aromatic N) is 2. The number of hydrogen-bond donors (Lipinski definition) is 0. The van der Waals surface area contributed by atoms with Crippen molar-refractivity contribution in [3.05, 3.63) is 33.4 Å². The van der Waals surface area contributed by atoms with Gasteiger partial charge in [0, 0.05) is 18.2 Å². The van der Waals surface area contributed by atoms with Crippen LogP contribution in [0.15, 0.2) is 12.1 Å². The molecule has 2 rings (SSSR count). The molecule has 0 aliphatic carbocycles. The van der Waals surface area contributed by atoms with Crippen molar-refractivity contribution in [2.45, 2.75) is 19.8 Å². The first-order valence-corrected chi connectivity index (χ1v) is 6.81. The third-order valence-corrected chi connectivity index (χ3v) is 3.61. The molecule has 96 valence electrons. The van der Waals surface area contributed by atoms with Gasteiger partial charge in [-0.25, -0.2) is 0 Å². The van der Waals surface area contributed by atoms with E-state index in [4.69, 9.17) is 0 Å². The van der Waals surface area contributed by atoms with E-state index in [1.807, 2.05) is 6.07 Å². The zero-order chi connectivity index (χ0) is 13.3. The second-order valence-electron chi connectivity index (χ2n) is 4.31. The molecule has 0 atom stereocenters. The molecule has 0 saturated carbocycles. The first-order valence-electron chi connectivity index (χ1n) is 5.69. The number of nitro groups is 1. The Balaban J connectivity index is 2.52. The maximum absolute atomic E-state index is 11.8. The van der Waals surface area contributed by atoms with Gasteiger partial charge in [-0.15, -0.1) is 0 Å². The van der Waals surface area contributed by atoms with Crippen LogP contribution in [0.2, 0.25) is 0 Å². The standard InChI is InChI=1S/C12H13BrN2O3/c1-8-5-9-3-2-4-14(12(16)7-13)11(9)6-10(8)15(17)18/h5-6H,2-4,7H2,1H3. The molecule has 6 heteroatoms. The summed E-state index contributed by atoms with van der Waals surface area (Å²) >= 11 is 3.14. The number of carbonyl (C=O) groups excluding carboxylic acids is 1. The lowest BCUT2D eigenvalue weighted by Crippen LogP contribution is -2.36. The van der Waals surface area contributed by atoms with E-state index in [0.717, 1.165) is 18.4 Å². The molecule has 1 aromatic carbocycles. The summed E-state index contributed by atoms with van der Waals surface area (Å²) in [5.41, 5.74) is 2.41. The van der Waals surface area contributed by atoms with Gasteiger partial charge in [-0.3, -0.25) is 14.9 Å². The van der Waals surface area contributed by atoms with Crippen molar-refractivity contribution >= 4 is 33.2 Å². The smallest absolute Gasteiger partial charge is 0.274 e. The van der Waals surface area contributed by atoms with E-state index in [1.54, 1.807) is 11.8 Å². The van der Waals surface area contributed by atoms with Crippen molar-refractivity contribution < 1.29 is 9.72 Å². The molecule has 1 aromatic rings. The number of alkyl halides is 1. The summed E-state index contributed by atoms with van der Waals surface area (Å²) in [6, 6.07) is 3.34. The molecule has 1 heterocycles. The summed E-state index contributed by atoms with van der Waals surface area (Å²) in [5, 5.41) is 11.2. The summed E-state index contributed by atoms with van der Waals surface area (Å²) in [6.45, 7) is 2.35. The molecular formula is C12H13BrN2O3. The number of amides is 1. The Morgan fingerprint density at radius 1 is 1.56 bits per heavy atom. The average Bonchev–Trinajstić information content (AvgIpc) is 2.35. The molecule has 0 N–H and O–H groups in total. The number of aryl methyl sites for hydroxylation is 2. The van der Waals surface area contributed by atoms with Crippen LogP contribution in [-0.2, 0) is 11.2 Å². The average molecular weight is 313 g/mol. The minimum Gasteiger partial charge on any atom is -0.311 e. The Morgan fingerprint density at radius 2 is 2.28 bits per heavy atom. The van der Waals surface area contributed by atoms with E-state index in [1.165, 1.54) is 6.07 Å². The fourth-order valence-electron chi connectivity index (χ4n) is 2.27. The van der Waals surface area contributed by atoms with Gasteiger partial charge < -0.3 is 4.90 Å². The van der Waals surface area contributed by atoms with Crippen LogP contribution >= 0.6 is 15.9 Å². The van der Waals surface area contributed by atoms with Crippen LogP contribution < -0.4 is 4.90 Å². The van der Waals surface area contributed by atoms with Crippen LogP contribution in [0.5, 0.6) is 0 Å². The predicted octanol–water partition coefficient (Wildman–Crippen LogP) is 2.58. The number of anilines is 1. The van der Waals surface area contributed by atoms with Gasteiger partial charge in [0.1, 0.15) is 0 Å². The number of nitro benzene ring substituents is 1. The molecule has 1 amide bonds. The monoisotopic (exact) mass is 312 g/mol. The van der Waals surface area contributed by atoms with Gasteiger partial charge in [0.25, 0.3) is 5.69 Å². The molecule has 0 unspecified atom stereocenters. The van der Waals surface area contributed by atoms with Gasteiger partial charge in [-0.05, 0) is 31.4 Å². The van der Waals surface area contributed by atoms with E-state index in [9.17, 15) is 14.9 Å². The second kappa shape index (κ2) is 5.06. The molecule has 0 radical (unpaired) electrons. The second-order valence-corrected chi connectivity index (χ2v) is 4.87. The van der Waals surface area contributed by atoms with Crippen LogP contribution in [-0.4, -0.2) is 22.7 Å². The van der Waals surface area contributed by atoms with Crippen molar-refractivity contribution in [2.24, 2.45) is 0 Å². The van der Waals surface area contributed by atoms with Crippen LogP contribution in [0.25, 0.3) is 0 Å². The van der Waals surface area contributed by atoms with Crippen molar-refractivity contribution in [2.75, 3.05) is 16.8 Å². The topological polar surface area (TPSA) is 63.5 Å². The minimum atomic E-state index is -0.402. The number of hydrogen-bond acceptors (Lipinski definition) is 3. The number of benzene rings is 1. The fraction of sp³-hybridized carbons (Fsp3) is 0.417. The number of fused-ring (bicyclic) bond motifs is 1. The first-order chi connectivity index (χ1) is 8.54. The van der Waals surface area contributed by atoms with Gasteiger partial charge in [0.2, 0.25) is 5.91 Å². The maximum Gasteiger partial charge on any atom is 0.274 e. The van der Waals surface area contributed by atoms with Gasteiger partial charge in [-0.2, -0.15) is 0 Å². The highest BCUT2D eigenvalue weighted by Gasteiger charge is 2.25. The quantitative estimate of drug-likeness (QED) is 0.479. The van der Waals surface area contributed by atoms with E-state index < -0.39 is 4.92 Å². The number of carbonyl (C=O) groups is 1. The Bertz CT molecular complexity index is 516. The van der Waals surface area contributed by atoms with E-state index in [-0.39, 0.29) is 16.9 Å². The molecule has 5 nitrogen and oxygen atoms in total. The van der Waals surface area contributed by atoms with Gasteiger partial charge in [-0.1, -0.05) is 15.9 Å². The first kappa shape index (κ1) is 13.0. The minimum absolute atomic E-state index is 0.0610. The number of halogens is 1. The van der Waals surface area contributed by atoms with Crippen LogP contribution in [0, 0.1) is 17.0 Å². The molecule has 1 aliphatic heterocycles. The molecule has 0 saturated heterocycles. The molecule has 1 aliphatic rings. The predicted molar refractivity (Wildman–Crippen MR) is 72.3 cm³/mol. The van der Waals surface area contributed by atoms with Crippen LogP contribution in [0.4, 0.5) is 11.4 Å². The lowest BCUT2D eigenvalue weighted by molar-refractivity contribution is -0.385. The van der Waals surface area contributed by atoms with Crippen molar-refractivity contribution in [1.29, 1.82) is 0 Å². The fourth-order valence-corrected chi connectivity index (χ4v) is 2.58. The molecule has 18 heavy (non-hydrogen) atoms. The lowest BCUT2D eigenvalue weighted by atomic mass is 9.98. The molecule has 0 aromatic heterocycles. The summed E-state index contributed by atoms with van der Waals surface area (Å²) in [7, 11) is 0. The summed E-state index contributed by atoms with van der Waals surface area (Å²) < 4.78 is 0. The highest BCUT2D eigenvalue weighted by molar-refractivity contribution is 9.09. The van der Waals surface area contributed by atoms with Crippen molar-refractivity contribution in [1.82, 2.24) is 0 Å². The Labute approximate surface area is 113 Å². The highest BCUT2D eigenvalue weighted by Crippen LogP contribution is 2.33. The summed E-state index contributed by atoms with van der Waals surface area (Å²) in [4.78, 5) is 24.0. The SMILES string of the molecule is Cc1cc2c(cc1[N+](=O)[O-])N(C(=O)CBr)CCC2.